The maximum absolute atomic E-state index is 11.5. The molecule has 1 unspecified atom stereocenters. The fraction of sp³-hybridized carbons (Fsp3) is 0.769. The van der Waals surface area contributed by atoms with Crippen molar-refractivity contribution in [1.29, 1.82) is 0 Å². The van der Waals surface area contributed by atoms with E-state index in [0.29, 0.717) is 58.7 Å². The molecule has 1 aliphatic heterocycles. The summed E-state index contributed by atoms with van der Waals surface area (Å²) in [5, 5.41) is 8.62. The van der Waals surface area contributed by atoms with E-state index in [1.807, 2.05) is 23.2 Å². The van der Waals surface area contributed by atoms with Crippen LogP contribution in [0.3, 0.4) is 0 Å². The zero-order valence-electron chi connectivity index (χ0n) is 31.4. The van der Waals surface area contributed by atoms with Gasteiger partial charge >= 0.3 is 17.9 Å². The number of carbonyl (C=O) groups excluding carboxylic acids is 1. The van der Waals surface area contributed by atoms with Crippen molar-refractivity contribution in [3.8, 4) is 6.01 Å². The quantitative estimate of drug-likeness (QED) is 0.0435. The minimum atomic E-state index is -1.01. The summed E-state index contributed by atoms with van der Waals surface area (Å²) in [5.41, 5.74) is 0. The maximum Gasteiger partial charge on any atom is 0.316 e. The van der Waals surface area contributed by atoms with E-state index in [2.05, 4.69) is 21.8 Å². The Hall–Kier alpha value is -3.09. The number of aliphatic carboxylic acids is 1. The average Bonchev–Trinajstić information content (AvgIpc) is 3.59. The fourth-order valence-corrected chi connectivity index (χ4v) is 5.62. The van der Waals surface area contributed by atoms with Crippen LogP contribution >= 0.6 is 0 Å². The highest BCUT2D eigenvalue weighted by Crippen LogP contribution is 2.14. The monoisotopic (exact) mass is 719 g/mol. The maximum atomic E-state index is 11.5. The number of nitrogens with zero attached hydrogens (tertiary/aromatic N) is 4. The van der Waals surface area contributed by atoms with Crippen LogP contribution in [0.15, 0.2) is 30.9 Å². The Balaban J connectivity index is 1.45. The molecule has 0 amide bonds. The second-order valence-corrected chi connectivity index (χ2v) is 13.2. The van der Waals surface area contributed by atoms with Crippen molar-refractivity contribution < 1.29 is 43.0 Å². The fourth-order valence-electron chi connectivity index (χ4n) is 5.62. The molecule has 2 rings (SSSR count). The Morgan fingerprint density at radius 2 is 1.37 bits per heavy atom. The van der Waals surface area contributed by atoms with Gasteiger partial charge in [0.25, 0.3) is 0 Å². The molecule has 51 heavy (non-hydrogen) atoms. The summed E-state index contributed by atoms with van der Waals surface area (Å²) in [7, 11) is 0. The Bertz CT molecular complexity index is 1060. The smallest absolute Gasteiger partial charge is 0.316 e. The van der Waals surface area contributed by atoms with Crippen LogP contribution in [0, 0.1) is 0 Å². The molecule has 0 saturated heterocycles. The molecule has 0 bridgehead atoms. The first-order valence-electron chi connectivity index (χ1n) is 19.6. The van der Waals surface area contributed by atoms with Gasteiger partial charge in [-0.2, -0.15) is 4.58 Å². The van der Waals surface area contributed by atoms with Gasteiger partial charge < -0.3 is 33.7 Å². The molecule has 1 aromatic rings. The van der Waals surface area contributed by atoms with Crippen LogP contribution in [0.4, 0.5) is 0 Å². The Kier molecular flexibility index (Phi) is 27.3. The summed E-state index contributed by atoms with van der Waals surface area (Å²) >= 11 is 0. The van der Waals surface area contributed by atoms with Crippen LogP contribution in [-0.2, 0) is 28.5 Å². The third-order valence-corrected chi connectivity index (χ3v) is 8.56. The van der Waals surface area contributed by atoms with E-state index in [1.54, 1.807) is 18.5 Å². The molecule has 1 N–H and O–H groups in total. The highest BCUT2D eigenvalue weighted by molar-refractivity contribution is 5.76. The highest BCUT2D eigenvalue weighted by Gasteiger charge is 2.16. The average molecular weight is 720 g/mol. The minimum absolute atomic E-state index is 0.108. The minimum Gasteiger partial charge on any atom is -0.481 e. The van der Waals surface area contributed by atoms with E-state index in [0.717, 1.165) is 13.0 Å². The first kappa shape index (κ1) is 44.1. The van der Waals surface area contributed by atoms with E-state index < -0.39 is 11.9 Å². The van der Waals surface area contributed by atoms with E-state index in [9.17, 15) is 9.59 Å². The molecule has 0 radical (unpaired) electrons. The summed E-state index contributed by atoms with van der Waals surface area (Å²) in [4.78, 5) is 32.5. The molecule has 0 aliphatic carbocycles. The number of carboxylic acid groups (broad SMARTS) is 1. The molecule has 290 valence electrons. The molecule has 0 spiro atoms. The van der Waals surface area contributed by atoms with Gasteiger partial charge in [-0.15, -0.1) is 0 Å². The third-order valence-electron chi connectivity index (χ3n) is 8.56. The normalized spacial score (nSPS) is 14.0. The first-order valence-corrected chi connectivity index (χ1v) is 19.6. The van der Waals surface area contributed by atoms with Crippen LogP contribution < -0.4 is 4.74 Å². The van der Waals surface area contributed by atoms with Crippen molar-refractivity contribution in [3.05, 3.63) is 30.9 Å². The Morgan fingerprint density at radius 3 is 2.00 bits per heavy atom. The summed E-state index contributed by atoms with van der Waals surface area (Å²) in [6, 6.07) is 2.07. The molecule has 0 saturated carbocycles. The predicted octanol–water partition coefficient (Wildman–Crippen LogP) is 7.16. The van der Waals surface area contributed by atoms with Gasteiger partial charge in [0.1, 0.15) is 12.7 Å². The molecule has 12 heteroatoms. The lowest BCUT2D eigenvalue weighted by Crippen LogP contribution is -2.30. The number of aromatic nitrogens is 2. The molecular formula is C39H67N4O8+. The van der Waals surface area contributed by atoms with Gasteiger partial charge in [-0.05, 0) is 12.5 Å². The third kappa shape index (κ3) is 26.4. The highest BCUT2D eigenvalue weighted by atomic mass is 16.6. The van der Waals surface area contributed by atoms with Gasteiger partial charge in [-0.1, -0.05) is 103 Å². The summed E-state index contributed by atoms with van der Waals surface area (Å²) in [5.74, 6) is -1.50. The molecule has 0 fully saturated rings. The lowest BCUT2D eigenvalue weighted by atomic mass is 10.0. The number of ether oxygens (including phenoxy) is 5. The van der Waals surface area contributed by atoms with Crippen LogP contribution in [0.2, 0.25) is 0 Å². The van der Waals surface area contributed by atoms with Crippen molar-refractivity contribution in [2.75, 3.05) is 59.5 Å². The molecule has 0 aromatic carbocycles. The van der Waals surface area contributed by atoms with Gasteiger partial charge in [0.05, 0.1) is 58.5 Å². The van der Waals surface area contributed by atoms with Crippen LogP contribution in [0.25, 0.3) is 0 Å². The van der Waals surface area contributed by atoms with Crippen molar-refractivity contribution >= 4 is 18.2 Å². The van der Waals surface area contributed by atoms with E-state index in [1.165, 1.54) is 96.3 Å². The topological polar surface area (TPSA) is 133 Å². The van der Waals surface area contributed by atoms with Gasteiger partial charge in [0, 0.05) is 25.5 Å². The zero-order valence-corrected chi connectivity index (χ0v) is 31.4. The summed E-state index contributed by atoms with van der Waals surface area (Å²) in [6.45, 7) is 6.87. The van der Waals surface area contributed by atoms with Crippen LogP contribution in [0.1, 0.15) is 129 Å². The summed E-state index contributed by atoms with van der Waals surface area (Å²) < 4.78 is 30.6. The van der Waals surface area contributed by atoms with Crippen molar-refractivity contribution in [2.24, 2.45) is 0 Å². The van der Waals surface area contributed by atoms with E-state index in [4.69, 9.17) is 28.8 Å². The second kappa shape index (κ2) is 31.6. The SMILES string of the molecule is CCCCCCCCCCCCCCCCCCOCC(COCCOCCN1C=C[N+](=CCCOC(=O)CCC(=O)O)C1)Oc1ncccn1. The Labute approximate surface area is 306 Å². The molecular weight excluding hydrogens is 652 g/mol. The molecule has 1 aliphatic rings. The number of carbonyl (C=O) groups is 2. The number of rotatable bonds is 35. The van der Waals surface area contributed by atoms with Crippen molar-refractivity contribution in [1.82, 2.24) is 14.9 Å². The summed E-state index contributed by atoms with van der Waals surface area (Å²) in [6.07, 6.45) is 30.7. The number of hydrogen-bond donors (Lipinski definition) is 1. The zero-order chi connectivity index (χ0) is 36.5. The standard InChI is InChI=1S/C39H66N4O8/c1-2-3-4-5-6-7-8-9-10-11-12-13-14-15-16-17-28-48-33-36(51-39-40-22-18-23-41-39)34-49-32-31-47-30-27-43-26-25-42(35-43)24-19-29-50-38(46)21-20-37(44)45/h18,22-26,36H,2-17,19-21,27-35H2,1H3/p+1. The van der Waals surface area contributed by atoms with Crippen LogP contribution in [-0.4, -0.2) is 108 Å². The van der Waals surface area contributed by atoms with Gasteiger partial charge in [0.15, 0.2) is 12.4 Å². The predicted molar refractivity (Wildman–Crippen MR) is 198 cm³/mol. The lowest BCUT2D eigenvalue weighted by molar-refractivity contribution is -0.460. The number of esters is 1. The molecule has 2 heterocycles. The molecule has 12 nitrogen and oxygen atoms in total. The van der Waals surface area contributed by atoms with Gasteiger partial charge in [-0.25, -0.2) is 9.97 Å². The molecule has 1 atom stereocenters. The Morgan fingerprint density at radius 1 is 0.784 bits per heavy atom. The van der Waals surface area contributed by atoms with E-state index in [-0.39, 0.29) is 25.6 Å². The second-order valence-electron chi connectivity index (χ2n) is 13.2. The van der Waals surface area contributed by atoms with E-state index >= 15 is 0 Å². The number of unbranched alkanes of at least 4 members (excludes halogenated alkanes) is 15. The number of hydrogen-bond acceptors (Lipinski definition) is 10. The van der Waals surface area contributed by atoms with Gasteiger partial charge in [0.2, 0.25) is 6.67 Å². The van der Waals surface area contributed by atoms with Crippen molar-refractivity contribution in [3.63, 3.8) is 0 Å². The van der Waals surface area contributed by atoms with Crippen molar-refractivity contribution in [2.45, 2.75) is 135 Å². The molecule has 1 aromatic heterocycles. The number of carboxylic acids is 1. The largest absolute Gasteiger partial charge is 0.481 e. The van der Waals surface area contributed by atoms with Crippen LogP contribution in [0.5, 0.6) is 6.01 Å². The van der Waals surface area contributed by atoms with Gasteiger partial charge in [-0.3, -0.25) is 9.59 Å². The lowest BCUT2D eigenvalue weighted by Gasteiger charge is -2.18. The first-order chi connectivity index (χ1) is 25.1.